The fourth-order valence-corrected chi connectivity index (χ4v) is 3.87. The predicted molar refractivity (Wildman–Crippen MR) is 122 cm³/mol. The van der Waals surface area contributed by atoms with E-state index < -0.39 is 0 Å². The maximum absolute atomic E-state index is 12.6. The number of carbonyl (C=O) groups excluding carboxylic acids is 1. The van der Waals surface area contributed by atoms with Gasteiger partial charge in [-0.25, -0.2) is 0 Å². The van der Waals surface area contributed by atoms with Crippen molar-refractivity contribution in [2.45, 2.75) is 6.04 Å². The molecule has 3 aromatic rings. The fraction of sp³-hybridized carbons (Fsp3) is 0.240. The Bertz CT molecular complexity index is 859. The summed E-state index contributed by atoms with van der Waals surface area (Å²) in [6.45, 7) is 3.20. The van der Waals surface area contributed by atoms with Gasteiger partial charge in [-0.1, -0.05) is 78.9 Å². The Hall–Kier alpha value is -2.82. The third kappa shape index (κ3) is 5.41. The molecule has 4 rings (SSSR count). The summed E-state index contributed by atoms with van der Waals surface area (Å²) in [5, 5.41) is 0. The Kier molecular flexibility index (Phi) is 7.89. The smallest absolute Gasteiger partial charge is 0.260 e. The first kappa shape index (κ1) is 21.9. The lowest BCUT2D eigenvalue weighted by atomic mass is 9.96. The van der Waals surface area contributed by atoms with Gasteiger partial charge in [0.25, 0.3) is 5.91 Å². The predicted octanol–water partition coefficient (Wildman–Crippen LogP) is 4.42. The highest BCUT2D eigenvalue weighted by atomic mass is 35.5. The molecule has 0 aliphatic carbocycles. The number of hydrogen-bond acceptors (Lipinski definition) is 3. The van der Waals surface area contributed by atoms with E-state index in [1.54, 1.807) is 0 Å². The van der Waals surface area contributed by atoms with Crippen LogP contribution in [0.4, 0.5) is 0 Å². The molecule has 3 aromatic carbocycles. The van der Waals surface area contributed by atoms with Crippen LogP contribution in [0.1, 0.15) is 17.2 Å². The number of piperazine rings is 1. The van der Waals surface area contributed by atoms with Crippen LogP contribution in [0.5, 0.6) is 5.75 Å². The van der Waals surface area contributed by atoms with Gasteiger partial charge < -0.3 is 9.64 Å². The number of ether oxygens (including phenoxy) is 1. The zero-order valence-electron chi connectivity index (χ0n) is 16.9. The number of rotatable bonds is 6. The van der Waals surface area contributed by atoms with E-state index in [0.717, 1.165) is 18.8 Å². The van der Waals surface area contributed by atoms with Crippen molar-refractivity contribution >= 4 is 18.3 Å². The van der Waals surface area contributed by atoms with Gasteiger partial charge in [-0.15, -0.1) is 12.4 Å². The zero-order valence-corrected chi connectivity index (χ0v) is 17.7. The zero-order chi connectivity index (χ0) is 19.9. The van der Waals surface area contributed by atoms with Crippen LogP contribution < -0.4 is 4.74 Å². The Morgan fingerprint density at radius 1 is 0.733 bits per heavy atom. The summed E-state index contributed by atoms with van der Waals surface area (Å²) < 4.78 is 5.63. The average molecular weight is 423 g/mol. The number of halogens is 1. The summed E-state index contributed by atoms with van der Waals surface area (Å²) in [5.74, 6) is 0.775. The van der Waals surface area contributed by atoms with Crippen LogP contribution in [-0.2, 0) is 4.79 Å². The molecule has 0 atom stereocenters. The lowest BCUT2D eigenvalue weighted by Gasteiger charge is -2.39. The second kappa shape index (κ2) is 10.8. The summed E-state index contributed by atoms with van der Waals surface area (Å²) in [6.07, 6.45) is 0. The standard InChI is InChI=1S/C25H26N2O2.ClH/c28-24(20-29-23-14-8-3-9-15-23)26-16-18-27(19-17-26)25(21-10-4-1-5-11-21)22-12-6-2-7-13-22;/h1-15,25H,16-20H2;1H. The second-order valence-corrected chi connectivity index (χ2v) is 7.24. The van der Waals surface area contributed by atoms with Gasteiger partial charge >= 0.3 is 0 Å². The first-order valence-electron chi connectivity index (χ1n) is 10.1. The number of carbonyl (C=O) groups is 1. The highest BCUT2D eigenvalue weighted by molar-refractivity contribution is 5.85. The largest absolute Gasteiger partial charge is 0.484 e. The van der Waals surface area contributed by atoms with Gasteiger partial charge in [-0.2, -0.15) is 0 Å². The maximum Gasteiger partial charge on any atom is 0.260 e. The Morgan fingerprint density at radius 3 is 1.70 bits per heavy atom. The van der Waals surface area contributed by atoms with Gasteiger partial charge in [0.1, 0.15) is 5.75 Å². The molecule has 30 heavy (non-hydrogen) atoms. The number of para-hydroxylation sites is 1. The van der Waals surface area contributed by atoms with Gasteiger partial charge in [0.15, 0.2) is 6.61 Å². The normalized spacial score (nSPS) is 14.2. The van der Waals surface area contributed by atoms with Crippen LogP contribution >= 0.6 is 12.4 Å². The topological polar surface area (TPSA) is 32.8 Å². The van der Waals surface area contributed by atoms with Crippen molar-refractivity contribution in [2.24, 2.45) is 0 Å². The molecule has 1 aliphatic rings. The summed E-state index contributed by atoms with van der Waals surface area (Å²) in [5.41, 5.74) is 2.57. The first-order valence-corrected chi connectivity index (χ1v) is 10.1. The number of hydrogen-bond donors (Lipinski definition) is 0. The van der Waals surface area contributed by atoms with Gasteiger partial charge in [0.05, 0.1) is 6.04 Å². The molecule has 1 amide bonds. The number of nitrogens with zero attached hydrogens (tertiary/aromatic N) is 2. The van der Waals surface area contributed by atoms with E-state index >= 15 is 0 Å². The summed E-state index contributed by atoms with van der Waals surface area (Å²) >= 11 is 0. The van der Waals surface area contributed by atoms with Crippen molar-refractivity contribution in [1.29, 1.82) is 0 Å². The lowest BCUT2D eigenvalue weighted by Crippen LogP contribution is -2.51. The van der Waals surface area contributed by atoms with Crippen molar-refractivity contribution in [2.75, 3.05) is 32.8 Å². The minimum absolute atomic E-state index is 0. The molecule has 156 valence electrons. The SMILES string of the molecule is Cl.O=C(COc1ccccc1)N1CCN(C(c2ccccc2)c2ccccc2)CC1. The van der Waals surface area contributed by atoms with Crippen molar-refractivity contribution in [3.8, 4) is 5.75 Å². The van der Waals surface area contributed by atoms with E-state index in [1.807, 2.05) is 35.2 Å². The van der Waals surface area contributed by atoms with Crippen LogP contribution in [-0.4, -0.2) is 48.5 Å². The van der Waals surface area contributed by atoms with Crippen LogP contribution in [0.15, 0.2) is 91.0 Å². The highest BCUT2D eigenvalue weighted by Crippen LogP contribution is 2.29. The van der Waals surface area contributed by atoms with E-state index in [0.29, 0.717) is 13.1 Å². The molecule has 0 aromatic heterocycles. The van der Waals surface area contributed by atoms with E-state index in [1.165, 1.54) is 11.1 Å². The molecule has 0 unspecified atom stereocenters. The minimum Gasteiger partial charge on any atom is -0.484 e. The first-order chi connectivity index (χ1) is 14.3. The molecule has 0 bridgehead atoms. The molecule has 0 radical (unpaired) electrons. The maximum atomic E-state index is 12.6. The third-order valence-corrected chi connectivity index (χ3v) is 5.37. The van der Waals surface area contributed by atoms with Gasteiger partial charge in [-0.3, -0.25) is 9.69 Å². The van der Waals surface area contributed by atoms with E-state index in [4.69, 9.17) is 4.74 Å². The van der Waals surface area contributed by atoms with Gasteiger partial charge in [0, 0.05) is 26.2 Å². The molecular formula is C25H27ClN2O2. The second-order valence-electron chi connectivity index (χ2n) is 7.24. The molecule has 4 nitrogen and oxygen atoms in total. The van der Waals surface area contributed by atoms with Crippen LogP contribution in [0.25, 0.3) is 0 Å². The Morgan fingerprint density at radius 2 is 1.20 bits per heavy atom. The molecule has 1 fully saturated rings. The summed E-state index contributed by atoms with van der Waals surface area (Å²) in [4.78, 5) is 16.9. The molecule has 1 saturated heterocycles. The van der Waals surface area contributed by atoms with Crippen molar-refractivity contribution in [3.05, 3.63) is 102 Å². The van der Waals surface area contributed by atoms with E-state index in [-0.39, 0.29) is 31.0 Å². The average Bonchev–Trinajstić information content (AvgIpc) is 2.80. The highest BCUT2D eigenvalue weighted by Gasteiger charge is 2.28. The van der Waals surface area contributed by atoms with Gasteiger partial charge in [0.2, 0.25) is 0 Å². The molecule has 1 aliphatic heterocycles. The Labute approximate surface area is 184 Å². The molecule has 0 spiro atoms. The molecule has 0 N–H and O–H groups in total. The van der Waals surface area contributed by atoms with E-state index in [9.17, 15) is 4.79 Å². The van der Waals surface area contributed by atoms with E-state index in [2.05, 4.69) is 65.6 Å². The monoisotopic (exact) mass is 422 g/mol. The molecule has 1 heterocycles. The van der Waals surface area contributed by atoms with Crippen LogP contribution in [0, 0.1) is 0 Å². The van der Waals surface area contributed by atoms with Crippen molar-refractivity contribution < 1.29 is 9.53 Å². The summed E-state index contributed by atoms with van der Waals surface area (Å²) in [6, 6.07) is 30.9. The third-order valence-electron chi connectivity index (χ3n) is 5.37. The van der Waals surface area contributed by atoms with Gasteiger partial charge in [-0.05, 0) is 23.3 Å². The van der Waals surface area contributed by atoms with Crippen molar-refractivity contribution in [1.82, 2.24) is 9.80 Å². The van der Waals surface area contributed by atoms with Crippen LogP contribution in [0.3, 0.4) is 0 Å². The summed E-state index contributed by atoms with van der Waals surface area (Å²) in [7, 11) is 0. The lowest BCUT2D eigenvalue weighted by molar-refractivity contribution is -0.135. The molecule has 0 saturated carbocycles. The van der Waals surface area contributed by atoms with Crippen LogP contribution in [0.2, 0.25) is 0 Å². The quantitative estimate of drug-likeness (QED) is 0.589. The van der Waals surface area contributed by atoms with Crippen molar-refractivity contribution in [3.63, 3.8) is 0 Å². The number of benzene rings is 3. The number of amides is 1. The molecule has 5 heteroatoms. The minimum atomic E-state index is 0. The fourth-order valence-electron chi connectivity index (χ4n) is 3.87. The molecular weight excluding hydrogens is 396 g/mol. The Balaban J connectivity index is 0.00000256.